The van der Waals surface area contributed by atoms with Gasteiger partial charge < -0.3 is 15.0 Å². The zero-order valence-electron chi connectivity index (χ0n) is 11.7. The summed E-state index contributed by atoms with van der Waals surface area (Å²) in [6.45, 7) is 1.60. The first-order valence-corrected chi connectivity index (χ1v) is 7.69. The van der Waals surface area contributed by atoms with E-state index < -0.39 is 0 Å². The molecule has 1 aromatic heterocycles. The number of ether oxygens (including phenoxy) is 1. The molecule has 4 nitrogen and oxygen atoms in total. The highest BCUT2D eigenvalue weighted by molar-refractivity contribution is 4.96. The highest BCUT2D eigenvalue weighted by Gasteiger charge is 2.40. The SMILES string of the molecule is NCCc1nccn1CC1CCC2(CCCCC2)O1. The van der Waals surface area contributed by atoms with Gasteiger partial charge in [0.25, 0.3) is 0 Å². The number of aromatic nitrogens is 2. The highest BCUT2D eigenvalue weighted by Crippen LogP contribution is 2.42. The lowest BCUT2D eigenvalue weighted by Gasteiger charge is -2.33. The van der Waals surface area contributed by atoms with Crippen LogP contribution in [-0.2, 0) is 17.7 Å². The molecule has 0 amide bonds. The van der Waals surface area contributed by atoms with Gasteiger partial charge in [0.15, 0.2) is 0 Å². The van der Waals surface area contributed by atoms with Crippen LogP contribution in [0.4, 0.5) is 0 Å². The molecule has 0 radical (unpaired) electrons. The van der Waals surface area contributed by atoms with E-state index >= 15 is 0 Å². The van der Waals surface area contributed by atoms with Gasteiger partial charge in [-0.1, -0.05) is 19.3 Å². The van der Waals surface area contributed by atoms with Crippen molar-refractivity contribution < 1.29 is 4.74 Å². The van der Waals surface area contributed by atoms with E-state index in [-0.39, 0.29) is 5.60 Å². The summed E-state index contributed by atoms with van der Waals surface area (Å²) >= 11 is 0. The summed E-state index contributed by atoms with van der Waals surface area (Å²) in [5.74, 6) is 1.09. The van der Waals surface area contributed by atoms with Gasteiger partial charge in [0, 0.05) is 18.8 Å². The Balaban J connectivity index is 1.60. The van der Waals surface area contributed by atoms with Crippen LogP contribution in [0, 0.1) is 0 Å². The molecule has 1 unspecified atom stereocenters. The van der Waals surface area contributed by atoms with Crippen LogP contribution in [0.5, 0.6) is 0 Å². The van der Waals surface area contributed by atoms with Crippen LogP contribution in [0.2, 0.25) is 0 Å². The third-order valence-corrected chi connectivity index (χ3v) is 4.67. The molecule has 0 aromatic carbocycles. The average Bonchev–Trinajstić information content (AvgIpc) is 3.00. The summed E-state index contributed by atoms with van der Waals surface area (Å²) in [4.78, 5) is 4.38. The van der Waals surface area contributed by atoms with Crippen LogP contribution in [0.3, 0.4) is 0 Å². The minimum absolute atomic E-state index is 0.220. The molecule has 1 spiro atoms. The molecule has 106 valence electrons. The van der Waals surface area contributed by atoms with Crippen LogP contribution in [-0.4, -0.2) is 27.8 Å². The Labute approximate surface area is 115 Å². The maximum Gasteiger partial charge on any atom is 0.109 e. The van der Waals surface area contributed by atoms with Gasteiger partial charge in [-0.25, -0.2) is 4.98 Å². The van der Waals surface area contributed by atoms with Crippen molar-refractivity contribution in [3.05, 3.63) is 18.2 Å². The molecule has 1 saturated heterocycles. The maximum atomic E-state index is 6.42. The van der Waals surface area contributed by atoms with Crippen LogP contribution >= 0.6 is 0 Å². The van der Waals surface area contributed by atoms with Crippen LogP contribution in [0.25, 0.3) is 0 Å². The Bertz CT molecular complexity index is 409. The van der Waals surface area contributed by atoms with Gasteiger partial charge in [0.1, 0.15) is 5.82 Å². The van der Waals surface area contributed by atoms with Gasteiger partial charge in [-0.05, 0) is 32.2 Å². The van der Waals surface area contributed by atoms with Crippen molar-refractivity contribution in [2.24, 2.45) is 5.73 Å². The first-order valence-electron chi connectivity index (χ1n) is 7.69. The quantitative estimate of drug-likeness (QED) is 0.906. The summed E-state index contributed by atoms with van der Waals surface area (Å²) in [5, 5.41) is 0. The predicted molar refractivity (Wildman–Crippen MR) is 74.9 cm³/mol. The molecule has 1 saturated carbocycles. The van der Waals surface area contributed by atoms with Crippen LogP contribution < -0.4 is 5.73 Å². The number of rotatable bonds is 4. The molecule has 2 N–H and O–H groups in total. The van der Waals surface area contributed by atoms with E-state index in [1.54, 1.807) is 0 Å². The summed E-state index contributed by atoms with van der Waals surface area (Å²) in [7, 11) is 0. The Hall–Kier alpha value is -0.870. The minimum atomic E-state index is 0.220. The van der Waals surface area contributed by atoms with Gasteiger partial charge in [0.2, 0.25) is 0 Å². The van der Waals surface area contributed by atoms with E-state index in [1.807, 2.05) is 6.20 Å². The normalized spacial score (nSPS) is 26.1. The van der Waals surface area contributed by atoms with Crippen molar-refractivity contribution >= 4 is 0 Å². The zero-order chi connectivity index (χ0) is 13.1. The van der Waals surface area contributed by atoms with E-state index in [4.69, 9.17) is 10.5 Å². The lowest BCUT2D eigenvalue weighted by atomic mass is 9.83. The van der Waals surface area contributed by atoms with Gasteiger partial charge >= 0.3 is 0 Å². The summed E-state index contributed by atoms with van der Waals surface area (Å²) < 4.78 is 8.64. The van der Waals surface area contributed by atoms with Crippen molar-refractivity contribution in [2.45, 2.75) is 69.6 Å². The topological polar surface area (TPSA) is 53.1 Å². The molecule has 2 heterocycles. The van der Waals surface area contributed by atoms with Crippen LogP contribution in [0.15, 0.2) is 12.4 Å². The van der Waals surface area contributed by atoms with Gasteiger partial charge in [-0.3, -0.25) is 0 Å². The molecule has 1 atom stereocenters. The van der Waals surface area contributed by atoms with E-state index in [0.29, 0.717) is 12.6 Å². The number of nitrogens with two attached hydrogens (primary N) is 1. The van der Waals surface area contributed by atoms with Gasteiger partial charge in [-0.15, -0.1) is 0 Å². The average molecular weight is 263 g/mol. The maximum absolute atomic E-state index is 6.42. The molecule has 4 heteroatoms. The fourth-order valence-corrected chi connectivity index (χ4v) is 3.67. The number of nitrogens with zero attached hydrogens (tertiary/aromatic N) is 2. The zero-order valence-corrected chi connectivity index (χ0v) is 11.7. The molecule has 2 fully saturated rings. The van der Waals surface area contributed by atoms with E-state index in [2.05, 4.69) is 15.7 Å². The standard InChI is InChI=1S/C15H25N3O/c16-9-5-14-17-10-11-18(14)12-13-4-8-15(19-13)6-2-1-3-7-15/h10-11,13H,1-9,12,16H2. The molecular weight excluding hydrogens is 238 g/mol. The molecule has 0 bridgehead atoms. The molecule has 19 heavy (non-hydrogen) atoms. The van der Waals surface area contributed by atoms with E-state index in [1.165, 1.54) is 44.9 Å². The van der Waals surface area contributed by atoms with Crippen molar-refractivity contribution in [3.8, 4) is 0 Å². The van der Waals surface area contributed by atoms with Crippen molar-refractivity contribution in [3.63, 3.8) is 0 Å². The second kappa shape index (κ2) is 5.63. The Morgan fingerprint density at radius 2 is 2.16 bits per heavy atom. The first kappa shape index (κ1) is 13.1. The van der Waals surface area contributed by atoms with Crippen molar-refractivity contribution in [1.82, 2.24) is 9.55 Å². The van der Waals surface area contributed by atoms with Crippen molar-refractivity contribution in [1.29, 1.82) is 0 Å². The minimum Gasteiger partial charge on any atom is -0.370 e. The molecule has 3 rings (SSSR count). The lowest BCUT2D eigenvalue weighted by molar-refractivity contribution is -0.0681. The number of hydrogen-bond donors (Lipinski definition) is 1. The monoisotopic (exact) mass is 263 g/mol. The second-order valence-corrected chi connectivity index (χ2v) is 6.06. The first-order chi connectivity index (χ1) is 9.31. The third-order valence-electron chi connectivity index (χ3n) is 4.67. The Morgan fingerprint density at radius 3 is 2.95 bits per heavy atom. The summed E-state index contributed by atoms with van der Waals surface area (Å²) in [6, 6.07) is 0. The fraction of sp³-hybridized carbons (Fsp3) is 0.800. The lowest BCUT2D eigenvalue weighted by Crippen LogP contribution is -2.32. The Morgan fingerprint density at radius 1 is 1.32 bits per heavy atom. The van der Waals surface area contributed by atoms with Crippen LogP contribution in [0.1, 0.15) is 50.8 Å². The highest BCUT2D eigenvalue weighted by atomic mass is 16.5. The van der Waals surface area contributed by atoms with Crippen molar-refractivity contribution in [2.75, 3.05) is 6.54 Å². The number of imidazole rings is 1. The largest absolute Gasteiger partial charge is 0.370 e. The van der Waals surface area contributed by atoms with E-state index in [9.17, 15) is 0 Å². The molecule has 1 aliphatic carbocycles. The molecule has 1 aromatic rings. The smallest absolute Gasteiger partial charge is 0.109 e. The van der Waals surface area contributed by atoms with Gasteiger partial charge in [0.05, 0.1) is 18.2 Å². The van der Waals surface area contributed by atoms with E-state index in [0.717, 1.165) is 18.8 Å². The van der Waals surface area contributed by atoms with Gasteiger partial charge in [-0.2, -0.15) is 0 Å². The fourth-order valence-electron chi connectivity index (χ4n) is 3.67. The molecular formula is C15H25N3O. The second-order valence-electron chi connectivity index (χ2n) is 6.06. The summed E-state index contributed by atoms with van der Waals surface area (Å²) in [5.41, 5.74) is 5.84. The molecule has 2 aliphatic rings. The Kier molecular flexibility index (Phi) is 3.89. The third kappa shape index (κ3) is 2.84. The number of hydrogen-bond acceptors (Lipinski definition) is 3. The summed E-state index contributed by atoms with van der Waals surface area (Å²) in [6.07, 6.45) is 14.2. The predicted octanol–water partition coefficient (Wildman–Crippen LogP) is 2.27. The molecule has 1 aliphatic heterocycles.